The smallest absolute Gasteiger partial charge is 0.259 e. The number of carbonyl (C=O) groups excluding carboxylic acids is 1. The summed E-state index contributed by atoms with van der Waals surface area (Å²) in [7, 11) is 3.08. The first-order valence-electron chi connectivity index (χ1n) is 6.36. The number of ether oxygens (including phenoxy) is 2. The molecule has 0 radical (unpaired) electrons. The summed E-state index contributed by atoms with van der Waals surface area (Å²) in [6.45, 7) is 0. The van der Waals surface area contributed by atoms with Crippen molar-refractivity contribution in [2.75, 3.05) is 19.5 Å². The van der Waals surface area contributed by atoms with E-state index in [0.29, 0.717) is 28.6 Å². The first kappa shape index (κ1) is 15.2. The lowest BCUT2D eigenvalue weighted by molar-refractivity contribution is 0.102. The van der Waals surface area contributed by atoms with E-state index in [-0.39, 0.29) is 5.91 Å². The molecule has 0 aliphatic rings. The first-order valence-corrected chi connectivity index (χ1v) is 6.89. The molecule has 0 saturated carbocycles. The van der Waals surface area contributed by atoms with Crippen molar-refractivity contribution in [3.05, 3.63) is 53.6 Å². The van der Waals surface area contributed by atoms with Gasteiger partial charge in [-0.1, -0.05) is 12.1 Å². The summed E-state index contributed by atoms with van der Waals surface area (Å²) >= 11 is 5.79. The molecule has 4 nitrogen and oxygen atoms in total. The second-order valence-electron chi connectivity index (χ2n) is 4.35. The molecule has 0 aliphatic heterocycles. The Morgan fingerprint density at radius 2 is 1.95 bits per heavy atom. The number of halogens is 1. The van der Waals surface area contributed by atoms with Gasteiger partial charge in [-0.25, -0.2) is 0 Å². The molecular weight excluding hydrogens is 290 g/mol. The lowest BCUT2D eigenvalue weighted by atomic mass is 10.1. The third-order valence-corrected chi connectivity index (χ3v) is 3.30. The lowest BCUT2D eigenvalue weighted by Crippen LogP contribution is -2.13. The molecule has 21 heavy (non-hydrogen) atoms. The Morgan fingerprint density at radius 1 is 1.14 bits per heavy atom. The molecule has 0 heterocycles. The first-order chi connectivity index (χ1) is 10.2. The Bertz CT molecular complexity index is 643. The lowest BCUT2D eigenvalue weighted by Gasteiger charge is -2.11. The van der Waals surface area contributed by atoms with Crippen LogP contribution in [0.25, 0.3) is 0 Å². The van der Waals surface area contributed by atoms with E-state index in [1.807, 2.05) is 24.3 Å². The van der Waals surface area contributed by atoms with Crippen LogP contribution < -0.4 is 14.8 Å². The fourth-order valence-corrected chi connectivity index (χ4v) is 2.08. The normalized spacial score (nSPS) is 10.0. The highest BCUT2D eigenvalue weighted by molar-refractivity contribution is 6.17. The fraction of sp³-hybridized carbons (Fsp3) is 0.188. The zero-order valence-electron chi connectivity index (χ0n) is 11.9. The number of hydrogen-bond donors (Lipinski definition) is 1. The van der Waals surface area contributed by atoms with Gasteiger partial charge in [0.2, 0.25) is 0 Å². The number of benzene rings is 2. The van der Waals surface area contributed by atoms with E-state index in [9.17, 15) is 4.79 Å². The maximum atomic E-state index is 12.3. The summed E-state index contributed by atoms with van der Waals surface area (Å²) < 4.78 is 10.3. The Kier molecular flexibility index (Phi) is 5.06. The van der Waals surface area contributed by atoms with Crippen molar-refractivity contribution in [1.29, 1.82) is 0 Å². The van der Waals surface area contributed by atoms with E-state index >= 15 is 0 Å². The van der Waals surface area contributed by atoms with Crippen LogP contribution in [0.3, 0.4) is 0 Å². The molecule has 5 heteroatoms. The number of nitrogens with one attached hydrogen (secondary N) is 1. The number of amides is 1. The molecule has 1 N–H and O–H groups in total. The maximum Gasteiger partial charge on any atom is 0.259 e. The monoisotopic (exact) mass is 305 g/mol. The number of methoxy groups -OCH3 is 2. The molecule has 0 unspecified atom stereocenters. The molecule has 2 aromatic rings. The van der Waals surface area contributed by atoms with E-state index in [0.717, 1.165) is 5.56 Å². The summed E-state index contributed by atoms with van der Waals surface area (Å²) in [5, 5.41) is 2.83. The van der Waals surface area contributed by atoms with Crippen molar-refractivity contribution in [1.82, 2.24) is 0 Å². The Hall–Kier alpha value is -2.20. The van der Waals surface area contributed by atoms with Crippen LogP contribution in [0.5, 0.6) is 11.5 Å². The molecule has 0 bridgehead atoms. The van der Waals surface area contributed by atoms with Gasteiger partial charge in [-0.3, -0.25) is 4.79 Å². The van der Waals surface area contributed by atoms with E-state index in [1.165, 1.54) is 7.11 Å². The number of rotatable bonds is 5. The van der Waals surface area contributed by atoms with Gasteiger partial charge in [0.1, 0.15) is 11.5 Å². The molecular formula is C16H16ClNO3. The van der Waals surface area contributed by atoms with Gasteiger partial charge in [-0.05, 0) is 29.8 Å². The van der Waals surface area contributed by atoms with Crippen LogP contribution >= 0.6 is 11.6 Å². The van der Waals surface area contributed by atoms with Crippen molar-refractivity contribution < 1.29 is 14.3 Å². The van der Waals surface area contributed by atoms with Crippen molar-refractivity contribution in [2.24, 2.45) is 0 Å². The van der Waals surface area contributed by atoms with Crippen molar-refractivity contribution in [2.45, 2.75) is 5.88 Å². The molecule has 2 rings (SSSR count). The van der Waals surface area contributed by atoms with Gasteiger partial charge in [0, 0.05) is 17.6 Å². The van der Waals surface area contributed by atoms with E-state index in [4.69, 9.17) is 21.1 Å². The largest absolute Gasteiger partial charge is 0.497 e. The van der Waals surface area contributed by atoms with E-state index in [1.54, 1.807) is 25.3 Å². The second kappa shape index (κ2) is 6.99. The summed E-state index contributed by atoms with van der Waals surface area (Å²) in [6.07, 6.45) is 0. The molecule has 110 valence electrons. The minimum absolute atomic E-state index is 0.249. The average Bonchev–Trinajstić information content (AvgIpc) is 2.54. The highest BCUT2D eigenvalue weighted by atomic mass is 35.5. The van der Waals surface area contributed by atoms with Crippen LogP contribution in [0.1, 0.15) is 15.9 Å². The zero-order chi connectivity index (χ0) is 15.2. The van der Waals surface area contributed by atoms with Gasteiger partial charge in [0.15, 0.2) is 0 Å². The summed E-state index contributed by atoms with van der Waals surface area (Å²) in [5.74, 6) is 1.24. The number of alkyl halides is 1. The molecule has 0 saturated heterocycles. The van der Waals surface area contributed by atoms with Crippen molar-refractivity contribution >= 4 is 23.2 Å². The van der Waals surface area contributed by atoms with Gasteiger partial charge >= 0.3 is 0 Å². The summed E-state index contributed by atoms with van der Waals surface area (Å²) in [6, 6.07) is 12.4. The van der Waals surface area contributed by atoms with Gasteiger partial charge in [-0.2, -0.15) is 0 Å². The SMILES string of the molecule is COc1ccc(C(=O)Nc2cccc(CCl)c2)c(OC)c1. The predicted molar refractivity (Wildman–Crippen MR) is 83.5 cm³/mol. The third kappa shape index (κ3) is 3.67. The van der Waals surface area contributed by atoms with Crippen molar-refractivity contribution in [3.8, 4) is 11.5 Å². The molecule has 2 aromatic carbocycles. The molecule has 0 aliphatic carbocycles. The summed E-state index contributed by atoms with van der Waals surface area (Å²) in [5.41, 5.74) is 2.07. The number of anilines is 1. The second-order valence-corrected chi connectivity index (χ2v) is 4.62. The van der Waals surface area contributed by atoms with Gasteiger partial charge in [0.25, 0.3) is 5.91 Å². The van der Waals surface area contributed by atoms with Crippen LogP contribution in [0.2, 0.25) is 0 Å². The third-order valence-electron chi connectivity index (χ3n) is 2.99. The summed E-state index contributed by atoms with van der Waals surface area (Å²) in [4.78, 5) is 12.3. The van der Waals surface area contributed by atoms with Gasteiger partial charge in [-0.15, -0.1) is 11.6 Å². The molecule has 0 spiro atoms. The quantitative estimate of drug-likeness (QED) is 0.857. The number of hydrogen-bond acceptors (Lipinski definition) is 3. The average molecular weight is 306 g/mol. The van der Waals surface area contributed by atoms with Crippen molar-refractivity contribution in [3.63, 3.8) is 0 Å². The zero-order valence-corrected chi connectivity index (χ0v) is 12.6. The standard InChI is InChI=1S/C16H16ClNO3/c1-20-13-6-7-14(15(9-13)21-2)16(19)18-12-5-3-4-11(8-12)10-17/h3-9H,10H2,1-2H3,(H,18,19). The van der Waals surface area contributed by atoms with Crippen LogP contribution in [0.15, 0.2) is 42.5 Å². The highest BCUT2D eigenvalue weighted by Crippen LogP contribution is 2.25. The highest BCUT2D eigenvalue weighted by Gasteiger charge is 2.13. The van der Waals surface area contributed by atoms with E-state index < -0.39 is 0 Å². The minimum atomic E-state index is -0.249. The number of carbonyl (C=O) groups is 1. The molecule has 1 amide bonds. The topological polar surface area (TPSA) is 47.6 Å². The minimum Gasteiger partial charge on any atom is -0.497 e. The van der Waals surface area contributed by atoms with Crippen LogP contribution in [0, 0.1) is 0 Å². The Morgan fingerprint density at radius 3 is 2.62 bits per heavy atom. The Labute approximate surface area is 128 Å². The molecule has 0 atom stereocenters. The van der Waals surface area contributed by atoms with Crippen LogP contribution in [0.4, 0.5) is 5.69 Å². The van der Waals surface area contributed by atoms with Crippen LogP contribution in [-0.2, 0) is 5.88 Å². The molecule has 0 aromatic heterocycles. The Balaban J connectivity index is 2.23. The van der Waals surface area contributed by atoms with Gasteiger partial charge in [0.05, 0.1) is 19.8 Å². The van der Waals surface area contributed by atoms with Crippen LogP contribution in [-0.4, -0.2) is 20.1 Å². The van der Waals surface area contributed by atoms with E-state index in [2.05, 4.69) is 5.32 Å². The molecule has 0 fully saturated rings. The predicted octanol–water partition coefficient (Wildman–Crippen LogP) is 3.69. The maximum absolute atomic E-state index is 12.3. The fourth-order valence-electron chi connectivity index (χ4n) is 1.92. The van der Waals surface area contributed by atoms with Gasteiger partial charge < -0.3 is 14.8 Å².